The maximum atomic E-state index is 13.0. The van der Waals surface area contributed by atoms with Gasteiger partial charge in [-0.2, -0.15) is 5.10 Å². The first-order valence-corrected chi connectivity index (χ1v) is 6.44. The molecule has 0 spiro atoms. The van der Waals surface area contributed by atoms with Gasteiger partial charge in [0, 0.05) is 18.8 Å². The number of aromatic nitrogens is 2. The Kier molecular flexibility index (Phi) is 3.74. The van der Waals surface area contributed by atoms with Gasteiger partial charge in [-0.25, -0.2) is 9.07 Å². The summed E-state index contributed by atoms with van der Waals surface area (Å²) >= 11 is 0. The molecule has 5 heteroatoms. The van der Waals surface area contributed by atoms with Crippen LogP contribution < -0.4 is 10.6 Å². The fourth-order valence-electron chi connectivity index (χ4n) is 2.16. The van der Waals surface area contributed by atoms with E-state index in [-0.39, 0.29) is 5.82 Å². The number of rotatable bonds is 4. The Morgan fingerprint density at radius 1 is 1.26 bits per heavy atom. The summed E-state index contributed by atoms with van der Waals surface area (Å²) in [6, 6.07) is 6.41. The van der Waals surface area contributed by atoms with Crippen molar-refractivity contribution in [2.45, 2.75) is 27.3 Å². The third kappa shape index (κ3) is 2.41. The van der Waals surface area contributed by atoms with E-state index < -0.39 is 0 Å². The molecule has 2 N–H and O–H groups in total. The van der Waals surface area contributed by atoms with Crippen molar-refractivity contribution in [2.24, 2.45) is 0 Å². The van der Waals surface area contributed by atoms with E-state index >= 15 is 0 Å². The van der Waals surface area contributed by atoms with Crippen molar-refractivity contribution >= 4 is 17.2 Å². The van der Waals surface area contributed by atoms with E-state index in [9.17, 15) is 4.39 Å². The quantitative estimate of drug-likeness (QED) is 0.921. The van der Waals surface area contributed by atoms with Crippen LogP contribution in [-0.2, 0) is 6.54 Å². The number of nitrogens with two attached hydrogens (primary N) is 1. The number of hydrogen-bond donors (Lipinski definition) is 1. The maximum absolute atomic E-state index is 13.0. The molecule has 1 aromatic heterocycles. The lowest BCUT2D eigenvalue weighted by Gasteiger charge is -2.24. The van der Waals surface area contributed by atoms with Crippen molar-refractivity contribution in [1.29, 1.82) is 0 Å². The highest BCUT2D eigenvalue weighted by Crippen LogP contribution is 2.32. The van der Waals surface area contributed by atoms with Gasteiger partial charge >= 0.3 is 0 Å². The zero-order valence-corrected chi connectivity index (χ0v) is 11.5. The Morgan fingerprint density at radius 3 is 2.42 bits per heavy atom. The molecule has 0 amide bonds. The monoisotopic (exact) mass is 262 g/mol. The average molecular weight is 262 g/mol. The largest absolute Gasteiger partial charge is 0.394 e. The van der Waals surface area contributed by atoms with Crippen LogP contribution in [-0.4, -0.2) is 16.3 Å². The van der Waals surface area contributed by atoms with E-state index in [1.807, 2.05) is 30.4 Å². The first kappa shape index (κ1) is 13.4. The molecule has 1 aromatic carbocycles. The molecule has 102 valence electrons. The molecular formula is C14H19FN4. The van der Waals surface area contributed by atoms with Crippen LogP contribution in [0.4, 0.5) is 21.6 Å². The third-order valence-corrected chi connectivity index (χ3v) is 3.16. The molecule has 0 bridgehead atoms. The van der Waals surface area contributed by atoms with E-state index in [4.69, 9.17) is 5.73 Å². The molecule has 4 nitrogen and oxygen atoms in total. The molecule has 0 aliphatic heterocycles. The van der Waals surface area contributed by atoms with Crippen molar-refractivity contribution in [3.8, 4) is 0 Å². The van der Waals surface area contributed by atoms with Crippen LogP contribution in [0.15, 0.2) is 24.3 Å². The normalized spacial score (nSPS) is 10.7. The van der Waals surface area contributed by atoms with Crippen molar-refractivity contribution in [1.82, 2.24) is 9.78 Å². The summed E-state index contributed by atoms with van der Waals surface area (Å²) in [4.78, 5) is 2.04. The van der Waals surface area contributed by atoms with Crippen molar-refractivity contribution in [2.75, 3.05) is 17.2 Å². The van der Waals surface area contributed by atoms with Crippen LogP contribution in [0.3, 0.4) is 0 Å². The predicted octanol–water partition coefficient (Wildman–Crippen LogP) is 3.09. The van der Waals surface area contributed by atoms with Gasteiger partial charge in [0.15, 0.2) is 5.82 Å². The molecule has 2 aromatic rings. The fraction of sp³-hybridized carbons (Fsp3) is 0.357. The van der Waals surface area contributed by atoms with Gasteiger partial charge in [0.25, 0.3) is 0 Å². The highest BCUT2D eigenvalue weighted by atomic mass is 19.1. The number of nitrogen functional groups attached to an aromatic ring is 1. The summed E-state index contributed by atoms with van der Waals surface area (Å²) in [6.07, 6.45) is 0. The Morgan fingerprint density at radius 2 is 1.89 bits per heavy atom. The summed E-state index contributed by atoms with van der Waals surface area (Å²) in [5, 5.41) is 4.42. The Balaban J connectivity index is 2.50. The second-order valence-corrected chi connectivity index (χ2v) is 4.36. The van der Waals surface area contributed by atoms with E-state index in [2.05, 4.69) is 5.10 Å². The standard InChI is InChI=1S/C14H19FN4/c1-4-18(12-8-6-11(15)7-9-12)14-13(16)10(3)17-19(14)5-2/h6-9H,4-5,16H2,1-3H3. The van der Waals surface area contributed by atoms with Gasteiger partial charge in [0.1, 0.15) is 5.82 Å². The zero-order valence-electron chi connectivity index (χ0n) is 11.5. The molecule has 19 heavy (non-hydrogen) atoms. The maximum Gasteiger partial charge on any atom is 0.155 e. The molecule has 2 rings (SSSR count). The zero-order chi connectivity index (χ0) is 14.0. The summed E-state index contributed by atoms with van der Waals surface area (Å²) in [6.45, 7) is 7.43. The summed E-state index contributed by atoms with van der Waals surface area (Å²) in [5.41, 5.74) is 8.52. The van der Waals surface area contributed by atoms with Gasteiger partial charge in [-0.05, 0) is 45.0 Å². The molecule has 0 saturated heterocycles. The van der Waals surface area contributed by atoms with Gasteiger partial charge in [-0.1, -0.05) is 0 Å². The molecular weight excluding hydrogens is 243 g/mol. The van der Waals surface area contributed by atoms with Crippen molar-refractivity contribution < 1.29 is 4.39 Å². The molecule has 0 fully saturated rings. The van der Waals surface area contributed by atoms with Crippen molar-refractivity contribution in [3.63, 3.8) is 0 Å². The predicted molar refractivity (Wildman–Crippen MR) is 76.1 cm³/mol. The van der Waals surface area contributed by atoms with Crippen LogP contribution in [0.5, 0.6) is 0 Å². The Hall–Kier alpha value is -2.04. The van der Waals surface area contributed by atoms with Crippen LogP contribution in [0.25, 0.3) is 0 Å². The number of anilines is 3. The molecule has 0 unspecified atom stereocenters. The molecule has 1 heterocycles. The topological polar surface area (TPSA) is 47.1 Å². The smallest absolute Gasteiger partial charge is 0.155 e. The van der Waals surface area contributed by atoms with Crippen LogP contribution in [0.2, 0.25) is 0 Å². The number of hydrogen-bond acceptors (Lipinski definition) is 3. The molecule has 0 atom stereocenters. The molecule has 0 aliphatic carbocycles. The van der Waals surface area contributed by atoms with Crippen LogP contribution >= 0.6 is 0 Å². The average Bonchev–Trinajstić information content (AvgIpc) is 2.69. The molecule has 0 radical (unpaired) electrons. The minimum Gasteiger partial charge on any atom is -0.394 e. The van der Waals surface area contributed by atoms with Crippen LogP contribution in [0, 0.1) is 12.7 Å². The lowest BCUT2D eigenvalue weighted by atomic mass is 10.2. The van der Waals surface area contributed by atoms with Gasteiger partial charge < -0.3 is 10.6 Å². The third-order valence-electron chi connectivity index (χ3n) is 3.16. The minimum atomic E-state index is -0.243. The number of halogens is 1. The van der Waals surface area contributed by atoms with E-state index in [1.54, 1.807) is 12.1 Å². The Labute approximate surface area is 112 Å². The summed E-state index contributed by atoms with van der Waals surface area (Å²) in [7, 11) is 0. The first-order valence-electron chi connectivity index (χ1n) is 6.44. The van der Waals surface area contributed by atoms with Crippen molar-refractivity contribution in [3.05, 3.63) is 35.8 Å². The number of benzene rings is 1. The van der Waals surface area contributed by atoms with E-state index in [1.165, 1.54) is 12.1 Å². The molecule has 0 aliphatic rings. The van der Waals surface area contributed by atoms with Gasteiger partial charge in [0.2, 0.25) is 0 Å². The SMILES string of the molecule is CCN(c1ccc(F)cc1)c1c(N)c(C)nn1CC. The Bertz CT molecular complexity index is 560. The first-order chi connectivity index (χ1) is 9.08. The number of aryl methyl sites for hydroxylation is 2. The second-order valence-electron chi connectivity index (χ2n) is 4.36. The van der Waals surface area contributed by atoms with Gasteiger partial charge in [-0.15, -0.1) is 0 Å². The molecule has 0 saturated carbocycles. The summed E-state index contributed by atoms with van der Waals surface area (Å²) in [5.74, 6) is 0.627. The van der Waals surface area contributed by atoms with E-state index in [0.717, 1.165) is 30.3 Å². The minimum absolute atomic E-state index is 0.243. The highest BCUT2D eigenvalue weighted by molar-refractivity contribution is 5.73. The fourth-order valence-corrected chi connectivity index (χ4v) is 2.16. The summed E-state index contributed by atoms with van der Waals surface area (Å²) < 4.78 is 14.9. The highest BCUT2D eigenvalue weighted by Gasteiger charge is 2.18. The number of nitrogens with zero attached hydrogens (tertiary/aromatic N) is 3. The van der Waals surface area contributed by atoms with Crippen LogP contribution in [0.1, 0.15) is 19.5 Å². The van der Waals surface area contributed by atoms with Gasteiger partial charge in [-0.3, -0.25) is 0 Å². The lowest BCUT2D eigenvalue weighted by Crippen LogP contribution is -2.21. The van der Waals surface area contributed by atoms with E-state index in [0.29, 0.717) is 5.69 Å². The lowest BCUT2D eigenvalue weighted by molar-refractivity contribution is 0.627. The second kappa shape index (κ2) is 5.30. The van der Waals surface area contributed by atoms with Gasteiger partial charge in [0.05, 0.1) is 11.4 Å².